The number of nitrogens with zero attached hydrogens (tertiary/aromatic N) is 2. The van der Waals surface area contributed by atoms with Gasteiger partial charge in [-0.05, 0) is 12.1 Å². The van der Waals surface area contributed by atoms with Gasteiger partial charge in [0.2, 0.25) is 5.13 Å². The van der Waals surface area contributed by atoms with Crippen molar-refractivity contribution in [1.82, 2.24) is 4.98 Å². The molecule has 1 aromatic carbocycles. The highest BCUT2D eigenvalue weighted by Gasteiger charge is 2.23. The van der Waals surface area contributed by atoms with E-state index in [9.17, 15) is 8.42 Å². The van der Waals surface area contributed by atoms with Gasteiger partial charge in [-0.1, -0.05) is 18.2 Å². The molecule has 2 aromatic rings. The van der Waals surface area contributed by atoms with E-state index in [-0.39, 0.29) is 10.0 Å². The first-order valence-corrected chi connectivity index (χ1v) is 6.69. The van der Waals surface area contributed by atoms with Crippen LogP contribution >= 0.6 is 11.3 Å². The highest BCUT2D eigenvalue weighted by Crippen LogP contribution is 2.21. The van der Waals surface area contributed by atoms with Gasteiger partial charge in [0.1, 0.15) is 0 Å². The molecule has 0 fully saturated rings. The van der Waals surface area contributed by atoms with Crippen LogP contribution in [0.2, 0.25) is 0 Å². The van der Waals surface area contributed by atoms with Crippen molar-refractivity contribution in [3.05, 3.63) is 41.9 Å². The van der Waals surface area contributed by atoms with E-state index in [4.69, 9.17) is 5.84 Å². The summed E-state index contributed by atoms with van der Waals surface area (Å²) in [4.78, 5) is 3.99. The number of benzene rings is 1. The van der Waals surface area contributed by atoms with Crippen molar-refractivity contribution < 1.29 is 8.42 Å². The highest BCUT2D eigenvalue weighted by molar-refractivity contribution is 7.93. The largest absolute Gasteiger partial charge is 0.279 e. The lowest BCUT2D eigenvalue weighted by molar-refractivity contribution is 0.592. The number of sulfonamides is 1. The lowest BCUT2D eigenvalue weighted by atomic mass is 10.4. The fourth-order valence-corrected chi connectivity index (χ4v) is 3.01. The molecule has 2 rings (SSSR count). The summed E-state index contributed by atoms with van der Waals surface area (Å²) < 4.78 is 24.7. The molecular formula is C9H9N3O2S2. The third-order valence-corrected chi connectivity index (χ3v) is 4.35. The molecule has 0 saturated carbocycles. The third kappa shape index (κ3) is 1.92. The molecule has 1 aromatic heterocycles. The second-order valence-electron chi connectivity index (χ2n) is 2.93. The number of anilines is 1. The minimum Gasteiger partial charge on any atom is -0.231 e. The Kier molecular flexibility index (Phi) is 2.90. The number of hydrazine groups is 1. The fourth-order valence-electron chi connectivity index (χ4n) is 1.13. The Hall–Kier alpha value is -1.44. The number of hydrogen-bond donors (Lipinski definition) is 1. The molecule has 0 spiro atoms. The Morgan fingerprint density at radius 3 is 2.50 bits per heavy atom. The predicted octanol–water partition coefficient (Wildman–Crippen LogP) is 1.21. The van der Waals surface area contributed by atoms with Crippen LogP contribution < -0.4 is 10.3 Å². The normalized spacial score (nSPS) is 11.3. The number of aromatic nitrogens is 1. The number of nitrogens with two attached hydrogens (primary N) is 1. The molecule has 1 heterocycles. The summed E-state index contributed by atoms with van der Waals surface area (Å²) in [5, 5.41) is 1.90. The van der Waals surface area contributed by atoms with Crippen LogP contribution in [0.1, 0.15) is 0 Å². The highest BCUT2D eigenvalue weighted by atomic mass is 32.2. The Morgan fingerprint density at radius 1 is 1.25 bits per heavy atom. The van der Waals surface area contributed by atoms with Gasteiger partial charge in [0.05, 0.1) is 4.90 Å². The number of hydrogen-bond acceptors (Lipinski definition) is 5. The maximum Gasteiger partial charge on any atom is 0.279 e. The van der Waals surface area contributed by atoms with Crippen molar-refractivity contribution in [2.75, 3.05) is 4.41 Å². The first kappa shape index (κ1) is 11.1. The minimum absolute atomic E-state index is 0.146. The molecule has 0 saturated heterocycles. The van der Waals surface area contributed by atoms with E-state index in [2.05, 4.69) is 4.98 Å². The summed E-state index contributed by atoms with van der Waals surface area (Å²) in [7, 11) is -3.70. The molecule has 0 aliphatic heterocycles. The van der Waals surface area contributed by atoms with Crippen molar-refractivity contribution in [3.8, 4) is 0 Å². The summed E-state index contributed by atoms with van der Waals surface area (Å²) in [5.74, 6) is 5.54. The molecule has 0 aliphatic carbocycles. The Bertz CT molecular complexity index is 552. The molecule has 0 radical (unpaired) electrons. The third-order valence-electron chi connectivity index (χ3n) is 1.91. The molecule has 5 nitrogen and oxygen atoms in total. The van der Waals surface area contributed by atoms with E-state index in [1.165, 1.54) is 18.3 Å². The zero-order valence-corrected chi connectivity index (χ0v) is 9.78. The average molecular weight is 255 g/mol. The van der Waals surface area contributed by atoms with Crippen LogP contribution in [0.5, 0.6) is 0 Å². The van der Waals surface area contributed by atoms with Crippen LogP contribution in [-0.2, 0) is 10.0 Å². The van der Waals surface area contributed by atoms with Crippen molar-refractivity contribution in [3.63, 3.8) is 0 Å². The predicted molar refractivity (Wildman–Crippen MR) is 62.4 cm³/mol. The smallest absolute Gasteiger partial charge is 0.231 e. The summed E-state index contributed by atoms with van der Waals surface area (Å²) in [6.45, 7) is 0. The monoisotopic (exact) mass is 255 g/mol. The average Bonchev–Trinajstić information content (AvgIpc) is 2.82. The summed E-state index contributed by atoms with van der Waals surface area (Å²) >= 11 is 1.16. The zero-order chi connectivity index (χ0) is 11.6. The van der Waals surface area contributed by atoms with Gasteiger partial charge in [-0.3, -0.25) is 0 Å². The van der Waals surface area contributed by atoms with Gasteiger partial charge >= 0.3 is 0 Å². The van der Waals surface area contributed by atoms with Gasteiger partial charge in [-0.2, -0.15) is 12.8 Å². The molecule has 16 heavy (non-hydrogen) atoms. The summed E-state index contributed by atoms with van der Waals surface area (Å²) in [5.41, 5.74) is 0. The molecule has 0 atom stereocenters. The Morgan fingerprint density at radius 2 is 1.94 bits per heavy atom. The van der Waals surface area contributed by atoms with E-state index < -0.39 is 10.0 Å². The van der Waals surface area contributed by atoms with Gasteiger partial charge in [-0.25, -0.2) is 10.8 Å². The van der Waals surface area contributed by atoms with Gasteiger partial charge in [0.25, 0.3) is 10.0 Å². The fraction of sp³-hybridized carbons (Fsp3) is 0. The SMILES string of the molecule is NN(c1nccs1)S(=O)(=O)c1ccccc1. The van der Waals surface area contributed by atoms with E-state index in [0.717, 1.165) is 11.3 Å². The van der Waals surface area contributed by atoms with Crippen molar-refractivity contribution in [1.29, 1.82) is 0 Å². The lowest BCUT2D eigenvalue weighted by Crippen LogP contribution is -2.37. The Labute approximate surface area is 97.2 Å². The molecule has 0 amide bonds. The van der Waals surface area contributed by atoms with Gasteiger partial charge in [0, 0.05) is 11.6 Å². The quantitative estimate of drug-likeness (QED) is 0.660. The standard InChI is InChI=1S/C9H9N3O2S2/c10-12(9-11-6-7-15-9)16(13,14)8-4-2-1-3-5-8/h1-7H,10H2. The van der Waals surface area contributed by atoms with Crippen molar-refractivity contribution in [2.24, 2.45) is 5.84 Å². The molecule has 84 valence electrons. The van der Waals surface area contributed by atoms with E-state index in [1.807, 2.05) is 0 Å². The lowest BCUT2D eigenvalue weighted by Gasteiger charge is -2.14. The van der Waals surface area contributed by atoms with Crippen LogP contribution in [0.15, 0.2) is 46.8 Å². The van der Waals surface area contributed by atoms with Gasteiger partial charge < -0.3 is 0 Å². The number of thiazole rings is 1. The van der Waals surface area contributed by atoms with Crippen LogP contribution in [0.25, 0.3) is 0 Å². The first-order valence-electron chi connectivity index (χ1n) is 4.37. The summed E-state index contributed by atoms with van der Waals surface area (Å²) in [6, 6.07) is 8.00. The van der Waals surface area contributed by atoms with E-state index in [0.29, 0.717) is 4.41 Å². The van der Waals surface area contributed by atoms with Gasteiger partial charge in [0.15, 0.2) is 0 Å². The molecular weight excluding hydrogens is 246 g/mol. The van der Waals surface area contributed by atoms with Crippen LogP contribution in [0, 0.1) is 0 Å². The maximum atomic E-state index is 12.0. The van der Waals surface area contributed by atoms with Gasteiger partial charge in [-0.15, -0.1) is 11.3 Å². The zero-order valence-electron chi connectivity index (χ0n) is 8.15. The van der Waals surface area contributed by atoms with Crippen LogP contribution in [0.3, 0.4) is 0 Å². The van der Waals surface area contributed by atoms with Crippen LogP contribution in [-0.4, -0.2) is 13.4 Å². The molecule has 7 heteroatoms. The van der Waals surface area contributed by atoms with E-state index in [1.54, 1.807) is 23.6 Å². The van der Waals surface area contributed by atoms with Crippen molar-refractivity contribution in [2.45, 2.75) is 4.90 Å². The van der Waals surface area contributed by atoms with Crippen molar-refractivity contribution >= 4 is 26.5 Å². The first-order chi connectivity index (χ1) is 7.62. The molecule has 0 bridgehead atoms. The topological polar surface area (TPSA) is 76.3 Å². The second-order valence-corrected chi connectivity index (χ2v) is 5.62. The second kappa shape index (κ2) is 4.20. The number of rotatable bonds is 3. The Balaban J connectivity index is 2.41. The molecule has 2 N–H and O–H groups in total. The summed E-state index contributed by atoms with van der Waals surface area (Å²) in [6.07, 6.45) is 1.50. The molecule has 0 aliphatic rings. The van der Waals surface area contributed by atoms with E-state index >= 15 is 0 Å². The molecule has 0 unspecified atom stereocenters. The maximum absolute atomic E-state index is 12.0. The minimum atomic E-state index is -3.70. The van der Waals surface area contributed by atoms with Crippen LogP contribution in [0.4, 0.5) is 5.13 Å².